The molecule has 134 valence electrons. The number of carbonyl (C=O) groups is 2. The van der Waals surface area contributed by atoms with E-state index in [1.807, 2.05) is 6.92 Å². The number of carboxylic acids is 1. The van der Waals surface area contributed by atoms with Gasteiger partial charge < -0.3 is 10.4 Å². The lowest BCUT2D eigenvalue weighted by atomic mass is 9.90. The van der Waals surface area contributed by atoms with Crippen LogP contribution in [0.5, 0.6) is 0 Å². The molecule has 2 N–H and O–H groups in total. The Balaban J connectivity index is 2.11. The van der Waals surface area contributed by atoms with Gasteiger partial charge in [0.05, 0.1) is 16.1 Å². The average molecular weight is 384 g/mol. The molecule has 0 bridgehead atoms. The zero-order chi connectivity index (χ0) is 18.8. The first-order valence-electron chi connectivity index (χ1n) is 7.65. The summed E-state index contributed by atoms with van der Waals surface area (Å²) in [4.78, 5) is 23.3. The third-order valence-electron chi connectivity index (χ3n) is 3.87. The Bertz CT molecular complexity index is 815. The van der Waals surface area contributed by atoms with E-state index in [0.29, 0.717) is 22.2 Å². The lowest BCUT2D eigenvalue weighted by Gasteiger charge is -2.18. The van der Waals surface area contributed by atoms with Crippen LogP contribution in [0.25, 0.3) is 5.69 Å². The molecule has 2 aromatic rings. The number of carbonyl (C=O) groups excluding carboxylic acids is 1. The largest absolute Gasteiger partial charge is 0.481 e. The third kappa shape index (κ3) is 4.52. The number of halogens is 2. The smallest absolute Gasteiger partial charge is 0.309 e. The van der Waals surface area contributed by atoms with E-state index < -0.39 is 11.4 Å². The summed E-state index contributed by atoms with van der Waals surface area (Å²) in [5, 5.41) is 17.0. The number of carboxylic acid groups (broad SMARTS) is 1. The summed E-state index contributed by atoms with van der Waals surface area (Å²) in [6.07, 6.45) is 0.316. The molecule has 1 heterocycles. The summed E-state index contributed by atoms with van der Waals surface area (Å²) < 4.78 is 1.56. The standard InChI is InChI=1S/C17H19Cl2N3O3/c1-10-8-13(15(23)20-7-6-17(2,3)16(24)25)21-22(10)14-5-4-11(18)9-12(14)19/h4-5,8-9H,6-7H2,1-3H3,(H,20,23)(H,24,25). The molecule has 1 aromatic heterocycles. The zero-order valence-corrected chi connectivity index (χ0v) is 15.6. The summed E-state index contributed by atoms with van der Waals surface area (Å²) in [6, 6.07) is 6.66. The molecule has 0 saturated carbocycles. The molecule has 0 aliphatic carbocycles. The Morgan fingerprint density at radius 2 is 1.96 bits per heavy atom. The van der Waals surface area contributed by atoms with Gasteiger partial charge in [-0.1, -0.05) is 23.2 Å². The van der Waals surface area contributed by atoms with Crippen LogP contribution in [0.4, 0.5) is 0 Å². The van der Waals surface area contributed by atoms with Gasteiger partial charge in [0, 0.05) is 17.3 Å². The third-order valence-corrected chi connectivity index (χ3v) is 4.41. The number of nitrogens with zero attached hydrogens (tertiary/aromatic N) is 2. The van der Waals surface area contributed by atoms with Crippen LogP contribution in [-0.2, 0) is 4.79 Å². The topological polar surface area (TPSA) is 84.2 Å². The fraction of sp³-hybridized carbons (Fsp3) is 0.353. The van der Waals surface area contributed by atoms with Crippen molar-refractivity contribution in [1.29, 1.82) is 0 Å². The van der Waals surface area contributed by atoms with E-state index >= 15 is 0 Å². The molecule has 1 amide bonds. The minimum absolute atomic E-state index is 0.233. The number of aromatic nitrogens is 2. The maximum absolute atomic E-state index is 12.2. The average Bonchev–Trinajstić information content (AvgIpc) is 2.89. The van der Waals surface area contributed by atoms with Gasteiger partial charge in [-0.05, 0) is 51.5 Å². The predicted molar refractivity (Wildman–Crippen MR) is 96.7 cm³/mol. The van der Waals surface area contributed by atoms with E-state index in [0.717, 1.165) is 5.69 Å². The normalized spacial score (nSPS) is 11.4. The maximum Gasteiger partial charge on any atom is 0.309 e. The molecule has 6 nitrogen and oxygen atoms in total. The highest BCUT2D eigenvalue weighted by molar-refractivity contribution is 6.35. The number of rotatable bonds is 6. The van der Waals surface area contributed by atoms with Gasteiger partial charge in [0.1, 0.15) is 0 Å². The number of aliphatic carboxylic acids is 1. The van der Waals surface area contributed by atoms with Crippen molar-refractivity contribution in [3.63, 3.8) is 0 Å². The molecule has 0 aliphatic rings. The number of hydrogen-bond acceptors (Lipinski definition) is 3. The molecule has 0 fully saturated rings. The molecule has 2 rings (SSSR count). The molecule has 0 atom stereocenters. The minimum Gasteiger partial charge on any atom is -0.481 e. The summed E-state index contributed by atoms with van der Waals surface area (Å²) >= 11 is 12.1. The zero-order valence-electron chi connectivity index (χ0n) is 14.1. The first-order chi connectivity index (χ1) is 11.6. The Hall–Kier alpha value is -2.05. The van der Waals surface area contributed by atoms with E-state index in [2.05, 4.69) is 10.4 Å². The fourth-order valence-electron chi connectivity index (χ4n) is 2.17. The number of aryl methyl sites for hydroxylation is 1. The number of amides is 1. The van der Waals surface area contributed by atoms with Crippen molar-refractivity contribution in [1.82, 2.24) is 15.1 Å². The van der Waals surface area contributed by atoms with Gasteiger partial charge >= 0.3 is 5.97 Å². The van der Waals surface area contributed by atoms with Crippen LogP contribution in [0.15, 0.2) is 24.3 Å². The van der Waals surface area contributed by atoms with Crippen molar-refractivity contribution in [3.8, 4) is 5.69 Å². The Morgan fingerprint density at radius 1 is 1.28 bits per heavy atom. The lowest BCUT2D eigenvalue weighted by molar-refractivity contribution is -0.147. The highest BCUT2D eigenvalue weighted by Crippen LogP contribution is 2.25. The Morgan fingerprint density at radius 3 is 2.56 bits per heavy atom. The number of nitrogens with one attached hydrogen (secondary N) is 1. The van der Waals surface area contributed by atoms with Crippen molar-refractivity contribution < 1.29 is 14.7 Å². The lowest BCUT2D eigenvalue weighted by Crippen LogP contribution is -2.32. The predicted octanol–water partition coefficient (Wildman–Crippen LogP) is 3.72. The molecule has 8 heteroatoms. The summed E-state index contributed by atoms with van der Waals surface area (Å²) in [5.74, 6) is -1.27. The second-order valence-corrected chi connectivity index (χ2v) is 7.22. The van der Waals surface area contributed by atoms with Gasteiger partial charge in [-0.2, -0.15) is 5.10 Å². The summed E-state index contributed by atoms with van der Waals surface area (Å²) in [6.45, 7) is 5.28. The highest BCUT2D eigenvalue weighted by atomic mass is 35.5. The van der Waals surface area contributed by atoms with Crippen LogP contribution in [-0.4, -0.2) is 33.3 Å². The van der Waals surface area contributed by atoms with Gasteiger partial charge in [0.2, 0.25) is 0 Å². The van der Waals surface area contributed by atoms with Crippen molar-refractivity contribution in [2.75, 3.05) is 6.54 Å². The molecule has 25 heavy (non-hydrogen) atoms. The van der Waals surface area contributed by atoms with E-state index in [9.17, 15) is 9.59 Å². The molecular formula is C17H19Cl2N3O3. The minimum atomic E-state index is -0.903. The molecule has 0 aliphatic heterocycles. The van der Waals surface area contributed by atoms with Crippen molar-refractivity contribution in [3.05, 3.63) is 45.7 Å². The molecule has 0 unspecified atom stereocenters. The fourth-order valence-corrected chi connectivity index (χ4v) is 2.66. The van der Waals surface area contributed by atoms with Crippen molar-refractivity contribution in [2.24, 2.45) is 5.41 Å². The van der Waals surface area contributed by atoms with Crippen molar-refractivity contribution >= 4 is 35.1 Å². The Kier molecular flexibility index (Phi) is 5.75. The summed E-state index contributed by atoms with van der Waals surface area (Å²) in [7, 11) is 0. The molecule has 1 aromatic carbocycles. The van der Waals surface area contributed by atoms with E-state index in [1.165, 1.54) is 0 Å². The van der Waals surface area contributed by atoms with Crippen LogP contribution in [0, 0.1) is 12.3 Å². The quantitative estimate of drug-likeness (QED) is 0.795. The van der Waals surface area contributed by atoms with E-state index in [1.54, 1.807) is 42.8 Å². The first kappa shape index (κ1) is 19.3. The van der Waals surface area contributed by atoms with Gasteiger partial charge in [-0.15, -0.1) is 0 Å². The maximum atomic E-state index is 12.2. The molecule has 0 spiro atoms. The van der Waals surface area contributed by atoms with Crippen LogP contribution in [0.3, 0.4) is 0 Å². The summed E-state index contributed by atoms with van der Waals surface area (Å²) in [5.41, 5.74) is 0.686. The van der Waals surface area contributed by atoms with Gasteiger partial charge in [-0.25, -0.2) is 4.68 Å². The molecule has 0 saturated heterocycles. The second kappa shape index (κ2) is 7.45. The van der Waals surface area contributed by atoms with E-state index in [-0.39, 0.29) is 18.1 Å². The van der Waals surface area contributed by atoms with Crippen LogP contribution in [0.2, 0.25) is 10.0 Å². The van der Waals surface area contributed by atoms with E-state index in [4.69, 9.17) is 28.3 Å². The SMILES string of the molecule is Cc1cc(C(=O)NCCC(C)(C)C(=O)O)nn1-c1ccc(Cl)cc1Cl. The van der Waals surface area contributed by atoms with Crippen LogP contribution in [0.1, 0.15) is 36.5 Å². The van der Waals surface area contributed by atoms with Crippen molar-refractivity contribution in [2.45, 2.75) is 27.2 Å². The van der Waals surface area contributed by atoms with Gasteiger partial charge in [-0.3, -0.25) is 9.59 Å². The monoisotopic (exact) mass is 383 g/mol. The number of hydrogen-bond donors (Lipinski definition) is 2. The number of benzene rings is 1. The highest BCUT2D eigenvalue weighted by Gasteiger charge is 2.26. The van der Waals surface area contributed by atoms with Gasteiger partial charge in [0.25, 0.3) is 5.91 Å². The molecular weight excluding hydrogens is 365 g/mol. The second-order valence-electron chi connectivity index (χ2n) is 6.37. The molecule has 0 radical (unpaired) electrons. The van der Waals surface area contributed by atoms with Gasteiger partial charge in [0.15, 0.2) is 5.69 Å². The Labute approximate surface area is 155 Å². The first-order valence-corrected chi connectivity index (χ1v) is 8.41. The van der Waals surface area contributed by atoms with Crippen LogP contribution >= 0.6 is 23.2 Å². The van der Waals surface area contributed by atoms with Crippen LogP contribution < -0.4 is 5.32 Å².